The molecule has 0 atom stereocenters. The Bertz CT molecular complexity index is 399. The lowest BCUT2D eigenvalue weighted by Gasteiger charge is -2.06. The minimum atomic E-state index is 0.0197. The van der Waals surface area contributed by atoms with Crippen molar-refractivity contribution in [2.24, 2.45) is 7.05 Å². The maximum atomic E-state index is 11.7. The van der Waals surface area contributed by atoms with Gasteiger partial charge in [-0.25, -0.2) is 0 Å². The van der Waals surface area contributed by atoms with Crippen molar-refractivity contribution in [3.8, 4) is 0 Å². The van der Waals surface area contributed by atoms with Crippen LogP contribution in [0.3, 0.4) is 0 Å². The van der Waals surface area contributed by atoms with Crippen LogP contribution in [0.15, 0.2) is 0 Å². The molecule has 0 aliphatic rings. The third kappa shape index (κ3) is 3.82. The first-order valence-corrected chi connectivity index (χ1v) is 6.17. The topological polar surface area (TPSA) is 44.1 Å². The van der Waals surface area contributed by atoms with Gasteiger partial charge in [-0.2, -0.15) is 5.10 Å². The number of hydrogen-bond donors (Lipinski definition) is 0. The molecule has 1 rings (SSSR count). The van der Waals surface area contributed by atoms with Crippen LogP contribution < -0.4 is 0 Å². The van der Waals surface area contributed by atoms with Crippen LogP contribution in [-0.2, 0) is 29.4 Å². The quantitative estimate of drug-likeness (QED) is 0.786. The standard InChI is InChI=1S/C12H19ClN2O2/c1-5-10-12(13)11(15(4)14-10)6-9(16)7-17-8(2)3/h8H,5-7H2,1-4H3. The number of nitrogens with zero attached hydrogens (tertiary/aromatic N) is 2. The summed E-state index contributed by atoms with van der Waals surface area (Å²) in [6, 6.07) is 0. The first-order valence-electron chi connectivity index (χ1n) is 5.79. The highest BCUT2D eigenvalue weighted by Crippen LogP contribution is 2.21. The van der Waals surface area contributed by atoms with Gasteiger partial charge in [-0.3, -0.25) is 9.48 Å². The predicted molar refractivity (Wildman–Crippen MR) is 67.4 cm³/mol. The molecule has 17 heavy (non-hydrogen) atoms. The highest BCUT2D eigenvalue weighted by molar-refractivity contribution is 6.32. The van der Waals surface area contributed by atoms with E-state index in [4.69, 9.17) is 16.3 Å². The lowest BCUT2D eigenvalue weighted by Crippen LogP contribution is -2.16. The summed E-state index contributed by atoms with van der Waals surface area (Å²) < 4.78 is 6.94. The van der Waals surface area contributed by atoms with Crippen LogP contribution in [0.2, 0.25) is 5.02 Å². The van der Waals surface area contributed by atoms with E-state index in [1.807, 2.05) is 20.8 Å². The van der Waals surface area contributed by atoms with Gasteiger partial charge in [-0.05, 0) is 20.3 Å². The van der Waals surface area contributed by atoms with Gasteiger partial charge in [-0.1, -0.05) is 18.5 Å². The molecule has 0 unspecified atom stereocenters. The van der Waals surface area contributed by atoms with E-state index in [0.29, 0.717) is 5.02 Å². The molecule has 0 aromatic carbocycles. The van der Waals surface area contributed by atoms with E-state index in [2.05, 4.69) is 5.10 Å². The molecule has 1 aromatic rings. The van der Waals surface area contributed by atoms with Crippen LogP contribution in [0.1, 0.15) is 32.2 Å². The first-order chi connectivity index (χ1) is 7.95. The van der Waals surface area contributed by atoms with Gasteiger partial charge in [0.25, 0.3) is 0 Å². The summed E-state index contributed by atoms with van der Waals surface area (Å²) >= 11 is 6.16. The number of rotatable bonds is 6. The van der Waals surface area contributed by atoms with Gasteiger partial charge in [0.15, 0.2) is 5.78 Å². The summed E-state index contributed by atoms with van der Waals surface area (Å²) in [6.07, 6.45) is 1.10. The van der Waals surface area contributed by atoms with Crippen molar-refractivity contribution in [2.45, 2.75) is 39.7 Å². The van der Waals surface area contributed by atoms with Gasteiger partial charge in [0.05, 0.1) is 28.9 Å². The minimum absolute atomic E-state index is 0.0197. The molecular formula is C12H19ClN2O2. The molecule has 0 bridgehead atoms. The molecule has 0 N–H and O–H groups in total. The maximum absolute atomic E-state index is 11.7. The van der Waals surface area contributed by atoms with E-state index >= 15 is 0 Å². The molecule has 0 saturated heterocycles. The van der Waals surface area contributed by atoms with E-state index in [-0.39, 0.29) is 24.9 Å². The molecule has 0 fully saturated rings. The molecule has 0 saturated carbocycles. The number of aromatic nitrogens is 2. The lowest BCUT2D eigenvalue weighted by molar-refractivity contribution is -0.124. The fourth-order valence-electron chi connectivity index (χ4n) is 1.51. The van der Waals surface area contributed by atoms with Crippen LogP contribution in [0, 0.1) is 0 Å². The number of aryl methyl sites for hydroxylation is 2. The Hall–Kier alpha value is -0.870. The minimum Gasteiger partial charge on any atom is -0.371 e. The lowest BCUT2D eigenvalue weighted by atomic mass is 10.2. The smallest absolute Gasteiger partial charge is 0.164 e. The summed E-state index contributed by atoms with van der Waals surface area (Å²) in [5, 5.41) is 4.87. The monoisotopic (exact) mass is 258 g/mol. The van der Waals surface area contributed by atoms with Crippen LogP contribution in [0.5, 0.6) is 0 Å². The van der Waals surface area contributed by atoms with Crippen molar-refractivity contribution in [1.29, 1.82) is 0 Å². The Morgan fingerprint density at radius 1 is 1.53 bits per heavy atom. The first kappa shape index (κ1) is 14.2. The number of carbonyl (C=O) groups excluding carboxylic acids is 1. The molecule has 0 aliphatic carbocycles. The third-order valence-electron chi connectivity index (χ3n) is 2.45. The number of carbonyl (C=O) groups is 1. The zero-order chi connectivity index (χ0) is 13.0. The Balaban J connectivity index is 2.68. The number of hydrogen-bond acceptors (Lipinski definition) is 3. The van der Waals surface area contributed by atoms with Crippen molar-refractivity contribution < 1.29 is 9.53 Å². The zero-order valence-electron chi connectivity index (χ0n) is 10.8. The molecule has 0 radical (unpaired) electrons. The molecule has 0 amide bonds. The van der Waals surface area contributed by atoms with E-state index in [1.54, 1.807) is 11.7 Å². The summed E-state index contributed by atoms with van der Waals surface area (Å²) in [5.41, 5.74) is 1.60. The second kappa shape index (κ2) is 6.17. The average Bonchev–Trinajstić information content (AvgIpc) is 2.53. The molecule has 0 aliphatic heterocycles. The Morgan fingerprint density at radius 2 is 2.18 bits per heavy atom. The van der Waals surface area contributed by atoms with Gasteiger partial charge in [0.1, 0.15) is 6.61 Å². The van der Waals surface area contributed by atoms with Crippen LogP contribution in [0.25, 0.3) is 0 Å². The van der Waals surface area contributed by atoms with Gasteiger partial charge in [0, 0.05) is 7.05 Å². The summed E-state index contributed by atoms with van der Waals surface area (Å²) in [6.45, 7) is 5.92. The predicted octanol–water partition coefficient (Wildman–Crippen LogP) is 2.17. The summed E-state index contributed by atoms with van der Waals surface area (Å²) in [4.78, 5) is 11.7. The molecule has 5 heteroatoms. The average molecular weight is 259 g/mol. The highest BCUT2D eigenvalue weighted by Gasteiger charge is 2.16. The summed E-state index contributed by atoms with van der Waals surface area (Å²) in [7, 11) is 1.80. The summed E-state index contributed by atoms with van der Waals surface area (Å²) in [5.74, 6) is 0.0197. The largest absolute Gasteiger partial charge is 0.371 e. The Morgan fingerprint density at radius 3 is 2.65 bits per heavy atom. The third-order valence-corrected chi connectivity index (χ3v) is 2.88. The molecule has 4 nitrogen and oxygen atoms in total. The molecular weight excluding hydrogens is 240 g/mol. The van der Waals surface area contributed by atoms with E-state index in [0.717, 1.165) is 17.8 Å². The number of ketones is 1. The number of ether oxygens (including phenoxy) is 1. The Kier molecular flexibility index (Phi) is 5.15. The molecule has 0 spiro atoms. The normalized spacial score (nSPS) is 11.2. The molecule has 1 aromatic heterocycles. The van der Waals surface area contributed by atoms with Crippen molar-refractivity contribution in [3.63, 3.8) is 0 Å². The van der Waals surface area contributed by atoms with Crippen molar-refractivity contribution in [1.82, 2.24) is 9.78 Å². The van der Waals surface area contributed by atoms with Crippen LogP contribution >= 0.6 is 11.6 Å². The molecule has 96 valence electrons. The van der Waals surface area contributed by atoms with Crippen molar-refractivity contribution >= 4 is 17.4 Å². The van der Waals surface area contributed by atoms with Gasteiger partial charge >= 0.3 is 0 Å². The number of halogens is 1. The van der Waals surface area contributed by atoms with Gasteiger partial charge in [-0.15, -0.1) is 0 Å². The van der Waals surface area contributed by atoms with E-state index in [1.165, 1.54) is 0 Å². The van der Waals surface area contributed by atoms with Gasteiger partial charge in [0.2, 0.25) is 0 Å². The SMILES string of the molecule is CCc1nn(C)c(CC(=O)COC(C)C)c1Cl. The highest BCUT2D eigenvalue weighted by atomic mass is 35.5. The van der Waals surface area contributed by atoms with Crippen LogP contribution in [0.4, 0.5) is 0 Å². The zero-order valence-corrected chi connectivity index (χ0v) is 11.5. The number of Topliss-reactive ketones (excluding diaryl/α,β-unsaturated/α-hetero) is 1. The van der Waals surface area contributed by atoms with Crippen molar-refractivity contribution in [2.75, 3.05) is 6.61 Å². The second-order valence-corrected chi connectivity index (χ2v) is 4.64. The molecule has 1 heterocycles. The fraction of sp³-hybridized carbons (Fsp3) is 0.667. The van der Waals surface area contributed by atoms with E-state index < -0.39 is 0 Å². The van der Waals surface area contributed by atoms with Crippen LogP contribution in [-0.4, -0.2) is 28.3 Å². The van der Waals surface area contributed by atoms with Gasteiger partial charge < -0.3 is 4.74 Å². The second-order valence-electron chi connectivity index (χ2n) is 4.26. The van der Waals surface area contributed by atoms with E-state index in [9.17, 15) is 4.79 Å². The van der Waals surface area contributed by atoms with Crippen molar-refractivity contribution in [3.05, 3.63) is 16.4 Å². The fourth-order valence-corrected chi connectivity index (χ4v) is 1.87. The maximum Gasteiger partial charge on any atom is 0.164 e. The Labute approximate surface area is 107 Å².